The average molecular weight is 389 g/mol. The smallest absolute Gasteiger partial charge is 0.367 e. The molecule has 1 amide bonds. The van der Waals surface area contributed by atoms with Crippen molar-refractivity contribution < 1.29 is 14.5 Å². The van der Waals surface area contributed by atoms with E-state index in [9.17, 15) is 14.9 Å². The summed E-state index contributed by atoms with van der Waals surface area (Å²) < 4.78 is 5.72. The van der Waals surface area contributed by atoms with Crippen LogP contribution in [-0.4, -0.2) is 33.8 Å². The number of hydrogen-bond donors (Lipinski definition) is 3. The van der Waals surface area contributed by atoms with E-state index in [4.69, 9.17) is 22.1 Å². The molecule has 0 spiro atoms. The standard InChI is InChI=1S/C16H13ClN6O4/c1-19-16(18)22-15(24)11-7-9-10(17)2-3-12(14(9)21-11)27-8-4-5-20-13(6-8)23(25)26/h2-7,21H,1H3,(H3,18,19,22,24). The minimum Gasteiger partial charge on any atom is -0.455 e. The first-order chi connectivity index (χ1) is 12.9. The number of hydrogen-bond acceptors (Lipinski definition) is 6. The molecule has 1 aromatic carbocycles. The number of nitro groups is 1. The average Bonchev–Trinajstić information content (AvgIpc) is 3.11. The molecule has 0 bridgehead atoms. The van der Waals surface area contributed by atoms with Crippen molar-refractivity contribution in [1.29, 1.82) is 0 Å². The molecule has 3 aromatic rings. The van der Waals surface area contributed by atoms with E-state index in [0.29, 0.717) is 21.7 Å². The number of aliphatic imine (C=N–C) groups is 1. The maximum absolute atomic E-state index is 12.2. The number of nitrogens with one attached hydrogen (secondary N) is 2. The van der Waals surface area contributed by atoms with Crippen molar-refractivity contribution in [2.24, 2.45) is 10.7 Å². The summed E-state index contributed by atoms with van der Waals surface area (Å²) in [7, 11) is 1.44. The molecule has 0 atom stereocenters. The number of amides is 1. The monoisotopic (exact) mass is 388 g/mol. The van der Waals surface area contributed by atoms with Crippen molar-refractivity contribution >= 4 is 40.2 Å². The van der Waals surface area contributed by atoms with E-state index in [-0.39, 0.29) is 23.2 Å². The number of H-pyrrole nitrogens is 1. The van der Waals surface area contributed by atoms with Gasteiger partial charge in [0, 0.05) is 18.5 Å². The van der Waals surface area contributed by atoms with Crippen molar-refractivity contribution in [2.45, 2.75) is 0 Å². The fourth-order valence-electron chi connectivity index (χ4n) is 2.30. The fraction of sp³-hybridized carbons (Fsp3) is 0.0625. The lowest BCUT2D eigenvalue weighted by molar-refractivity contribution is -0.389. The number of halogens is 1. The van der Waals surface area contributed by atoms with Crippen LogP contribution in [0.5, 0.6) is 11.5 Å². The highest BCUT2D eigenvalue weighted by molar-refractivity contribution is 6.36. The second kappa shape index (κ2) is 7.30. The van der Waals surface area contributed by atoms with Gasteiger partial charge in [0.15, 0.2) is 11.7 Å². The number of nitrogens with zero attached hydrogens (tertiary/aromatic N) is 3. The highest BCUT2D eigenvalue weighted by atomic mass is 35.5. The van der Waals surface area contributed by atoms with E-state index < -0.39 is 10.8 Å². The molecule has 0 saturated carbocycles. The third-order valence-corrected chi connectivity index (χ3v) is 3.89. The topological polar surface area (TPSA) is 149 Å². The van der Waals surface area contributed by atoms with Crippen molar-refractivity contribution in [1.82, 2.24) is 15.3 Å². The van der Waals surface area contributed by atoms with Gasteiger partial charge >= 0.3 is 5.82 Å². The number of benzene rings is 1. The summed E-state index contributed by atoms with van der Waals surface area (Å²) in [5.41, 5.74) is 6.13. The zero-order valence-electron chi connectivity index (χ0n) is 13.9. The van der Waals surface area contributed by atoms with Crippen LogP contribution in [0.25, 0.3) is 10.9 Å². The molecule has 0 fully saturated rings. The Balaban J connectivity index is 1.99. The predicted molar refractivity (Wildman–Crippen MR) is 99.3 cm³/mol. The van der Waals surface area contributed by atoms with Crippen LogP contribution in [0.15, 0.2) is 41.5 Å². The van der Waals surface area contributed by atoms with Gasteiger partial charge in [0.1, 0.15) is 17.6 Å². The molecule has 2 heterocycles. The summed E-state index contributed by atoms with van der Waals surface area (Å²) in [6, 6.07) is 7.37. The molecule has 138 valence electrons. The Morgan fingerprint density at radius 1 is 1.41 bits per heavy atom. The number of rotatable bonds is 4. The van der Waals surface area contributed by atoms with Crippen molar-refractivity contribution in [3.05, 3.63) is 57.4 Å². The summed E-state index contributed by atoms with van der Waals surface area (Å²) in [5, 5.41) is 14.2. The van der Waals surface area contributed by atoms with Crippen LogP contribution >= 0.6 is 11.6 Å². The van der Waals surface area contributed by atoms with Gasteiger partial charge in [-0.3, -0.25) is 15.1 Å². The first-order valence-electron chi connectivity index (χ1n) is 7.52. The van der Waals surface area contributed by atoms with Gasteiger partial charge in [-0.2, -0.15) is 0 Å². The Morgan fingerprint density at radius 2 is 2.19 bits per heavy atom. The van der Waals surface area contributed by atoms with Crippen LogP contribution in [0.1, 0.15) is 10.5 Å². The molecule has 2 aromatic heterocycles. The minimum absolute atomic E-state index is 0.0367. The summed E-state index contributed by atoms with van der Waals surface area (Å²) in [6.45, 7) is 0. The zero-order chi connectivity index (χ0) is 19.6. The number of aromatic amines is 1. The molecule has 3 rings (SSSR count). The largest absolute Gasteiger partial charge is 0.455 e. The van der Waals surface area contributed by atoms with Gasteiger partial charge in [-0.1, -0.05) is 11.6 Å². The number of aromatic nitrogens is 2. The number of nitrogens with two attached hydrogens (primary N) is 1. The van der Waals surface area contributed by atoms with Crippen LogP contribution in [-0.2, 0) is 0 Å². The highest BCUT2D eigenvalue weighted by Crippen LogP contribution is 2.34. The summed E-state index contributed by atoms with van der Waals surface area (Å²) in [6.07, 6.45) is 1.26. The zero-order valence-corrected chi connectivity index (χ0v) is 14.6. The van der Waals surface area contributed by atoms with E-state index in [0.717, 1.165) is 0 Å². The predicted octanol–water partition coefficient (Wildman–Crippen LogP) is 2.59. The molecule has 27 heavy (non-hydrogen) atoms. The quantitative estimate of drug-likeness (QED) is 0.270. The fourth-order valence-corrected chi connectivity index (χ4v) is 2.51. The normalized spacial score (nSPS) is 11.4. The van der Waals surface area contributed by atoms with Crippen molar-refractivity contribution in [3.8, 4) is 11.5 Å². The SMILES string of the molecule is CN=C(N)NC(=O)c1cc2c(Cl)ccc(Oc3ccnc([N+](=O)[O-])c3)c2[nH]1. The van der Waals surface area contributed by atoms with E-state index in [2.05, 4.69) is 20.3 Å². The lowest BCUT2D eigenvalue weighted by Crippen LogP contribution is -2.36. The second-order valence-electron chi connectivity index (χ2n) is 5.29. The van der Waals surface area contributed by atoms with E-state index in [1.165, 1.54) is 31.4 Å². The molecule has 0 unspecified atom stereocenters. The molecule has 0 radical (unpaired) electrons. The first kappa shape index (κ1) is 18.1. The maximum atomic E-state index is 12.2. The van der Waals surface area contributed by atoms with Gasteiger partial charge in [0.2, 0.25) is 0 Å². The molecule has 0 aliphatic rings. The number of fused-ring (bicyclic) bond motifs is 1. The molecular weight excluding hydrogens is 376 g/mol. The molecule has 0 saturated heterocycles. The van der Waals surface area contributed by atoms with Gasteiger partial charge in [-0.25, -0.2) is 0 Å². The van der Waals surface area contributed by atoms with Gasteiger partial charge in [-0.05, 0) is 28.1 Å². The van der Waals surface area contributed by atoms with Crippen LogP contribution < -0.4 is 15.8 Å². The Bertz CT molecular complexity index is 1080. The molecular formula is C16H13ClN6O4. The molecule has 10 nitrogen and oxygen atoms in total. The first-order valence-corrected chi connectivity index (χ1v) is 7.90. The lowest BCUT2D eigenvalue weighted by Gasteiger charge is -2.07. The number of carbonyl (C=O) groups is 1. The molecule has 4 N–H and O–H groups in total. The summed E-state index contributed by atoms with van der Waals surface area (Å²) >= 11 is 6.19. The van der Waals surface area contributed by atoms with Crippen LogP contribution in [0, 0.1) is 10.1 Å². The molecule has 0 aliphatic heterocycles. The van der Waals surface area contributed by atoms with Crippen LogP contribution in [0.4, 0.5) is 5.82 Å². The highest BCUT2D eigenvalue weighted by Gasteiger charge is 2.16. The summed E-state index contributed by atoms with van der Waals surface area (Å²) in [4.78, 5) is 32.6. The number of guanidine groups is 1. The number of ether oxygens (including phenoxy) is 1. The molecule has 11 heteroatoms. The Hall–Kier alpha value is -3.66. The van der Waals surface area contributed by atoms with E-state index >= 15 is 0 Å². The Morgan fingerprint density at radius 3 is 2.89 bits per heavy atom. The number of pyridine rings is 1. The van der Waals surface area contributed by atoms with Crippen LogP contribution in [0.3, 0.4) is 0 Å². The van der Waals surface area contributed by atoms with E-state index in [1.54, 1.807) is 12.1 Å². The molecule has 0 aliphatic carbocycles. The second-order valence-corrected chi connectivity index (χ2v) is 5.70. The lowest BCUT2D eigenvalue weighted by atomic mass is 10.2. The van der Waals surface area contributed by atoms with E-state index in [1.807, 2.05) is 0 Å². The third kappa shape index (κ3) is 3.80. The summed E-state index contributed by atoms with van der Waals surface area (Å²) in [5.74, 6) is -0.353. The Kier molecular flexibility index (Phi) is 4.90. The maximum Gasteiger partial charge on any atom is 0.367 e. The number of carbonyl (C=O) groups excluding carboxylic acids is 1. The van der Waals surface area contributed by atoms with Crippen molar-refractivity contribution in [2.75, 3.05) is 7.05 Å². The van der Waals surface area contributed by atoms with Gasteiger partial charge < -0.3 is 25.6 Å². The van der Waals surface area contributed by atoms with Gasteiger partial charge in [-0.15, -0.1) is 0 Å². The Labute approximate surface area is 157 Å². The van der Waals surface area contributed by atoms with Crippen LogP contribution in [0.2, 0.25) is 5.02 Å². The van der Waals surface area contributed by atoms with Gasteiger partial charge in [0.05, 0.1) is 16.6 Å². The van der Waals surface area contributed by atoms with Gasteiger partial charge in [0.25, 0.3) is 5.91 Å². The third-order valence-electron chi connectivity index (χ3n) is 3.56. The minimum atomic E-state index is -0.624. The van der Waals surface area contributed by atoms with Crippen molar-refractivity contribution in [3.63, 3.8) is 0 Å².